The summed E-state index contributed by atoms with van der Waals surface area (Å²) in [6, 6.07) is 6.31. The van der Waals surface area contributed by atoms with Gasteiger partial charge in [0.1, 0.15) is 18.1 Å². The number of benzene rings is 1. The molecule has 2 aromatic rings. The average molecular weight is 394 g/mol. The van der Waals surface area contributed by atoms with Crippen molar-refractivity contribution in [1.82, 2.24) is 9.78 Å². The number of phenolic OH excluding ortho intramolecular Hbond substituents is 1. The summed E-state index contributed by atoms with van der Waals surface area (Å²) >= 11 is 0. The highest BCUT2D eigenvalue weighted by molar-refractivity contribution is 5.83. The molecule has 0 atom stereocenters. The van der Waals surface area contributed by atoms with E-state index in [1.807, 2.05) is 0 Å². The zero-order valence-electron chi connectivity index (χ0n) is 15.2. The Morgan fingerprint density at radius 2 is 2.00 bits per heavy atom. The quantitative estimate of drug-likeness (QED) is 0.688. The normalized spacial score (nSPS) is 15.0. The molecule has 1 N–H and O–H groups in total. The van der Waals surface area contributed by atoms with Crippen molar-refractivity contribution in [3.8, 4) is 11.5 Å². The number of halogens is 3. The van der Waals surface area contributed by atoms with E-state index in [0.29, 0.717) is 12.0 Å². The molecule has 0 fully saturated rings. The van der Waals surface area contributed by atoms with Crippen LogP contribution < -0.4 is 4.74 Å². The van der Waals surface area contributed by atoms with Gasteiger partial charge < -0.3 is 9.84 Å². The van der Waals surface area contributed by atoms with Gasteiger partial charge >= 0.3 is 6.18 Å². The van der Waals surface area contributed by atoms with Crippen LogP contribution in [0.2, 0.25) is 0 Å². The lowest BCUT2D eigenvalue weighted by Crippen LogP contribution is -2.16. The molecular formula is C20H21F3N2O3. The average Bonchev–Trinajstić information content (AvgIpc) is 3.13. The number of phenols is 1. The molecule has 28 heavy (non-hydrogen) atoms. The minimum atomic E-state index is -4.24. The highest BCUT2D eigenvalue weighted by Gasteiger charge is 2.28. The van der Waals surface area contributed by atoms with Crippen LogP contribution in [0.4, 0.5) is 13.2 Å². The van der Waals surface area contributed by atoms with Gasteiger partial charge in [-0.1, -0.05) is 6.07 Å². The number of aldehydes is 1. The number of hydrogen-bond acceptors (Lipinski definition) is 4. The van der Waals surface area contributed by atoms with Crippen LogP contribution in [-0.4, -0.2) is 34.0 Å². The molecule has 1 aromatic carbocycles. The summed E-state index contributed by atoms with van der Waals surface area (Å²) in [5.41, 5.74) is 2.67. The summed E-state index contributed by atoms with van der Waals surface area (Å²) in [6.45, 7) is -0.0323. The number of hydrogen-bond donors (Lipinski definition) is 1. The van der Waals surface area contributed by atoms with E-state index in [-0.39, 0.29) is 30.2 Å². The smallest absolute Gasteiger partial charge is 0.390 e. The van der Waals surface area contributed by atoms with Gasteiger partial charge in [-0.3, -0.25) is 9.48 Å². The highest BCUT2D eigenvalue weighted by Crippen LogP contribution is 2.34. The first-order valence-electron chi connectivity index (χ1n) is 9.09. The van der Waals surface area contributed by atoms with Gasteiger partial charge in [0.2, 0.25) is 0 Å². The van der Waals surface area contributed by atoms with Gasteiger partial charge in [0, 0.05) is 6.20 Å². The van der Waals surface area contributed by atoms with Gasteiger partial charge in [-0.15, -0.1) is 0 Å². The van der Waals surface area contributed by atoms with Crippen molar-refractivity contribution in [2.75, 3.05) is 6.61 Å². The Hall–Kier alpha value is -2.77. The first kappa shape index (κ1) is 20.0. The molecule has 0 aliphatic heterocycles. The molecule has 1 aromatic heterocycles. The molecule has 0 bridgehead atoms. The Balaban J connectivity index is 1.83. The maximum absolute atomic E-state index is 12.6. The summed E-state index contributed by atoms with van der Waals surface area (Å²) in [7, 11) is 0. The van der Waals surface area contributed by atoms with Gasteiger partial charge in [0.05, 0.1) is 24.2 Å². The Bertz CT molecular complexity index is 872. The predicted octanol–water partition coefficient (Wildman–Crippen LogP) is 4.76. The molecule has 1 heterocycles. The predicted molar refractivity (Wildman–Crippen MR) is 97.3 cm³/mol. The van der Waals surface area contributed by atoms with Crippen molar-refractivity contribution >= 4 is 11.9 Å². The minimum absolute atomic E-state index is 0.0793. The van der Waals surface area contributed by atoms with Gasteiger partial charge in [0.25, 0.3) is 0 Å². The number of aromatic hydroxyl groups is 1. The molecule has 0 spiro atoms. The van der Waals surface area contributed by atoms with Crippen molar-refractivity contribution in [1.29, 1.82) is 0 Å². The zero-order chi connectivity index (χ0) is 20.1. The van der Waals surface area contributed by atoms with E-state index in [1.165, 1.54) is 16.9 Å². The Kier molecular flexibility index (Phi) is 6.06. The van der Waals surface area contributed by atoms with Crippen LogP contribution in [0.3, 0.4) is 0 Å². The van der Waals surface area contributed by atoms with Crippen LogP contribution in [0.25, 0.3) is 5.57 Å². The Morgan fingerprint density at radius 1 is 1.21 bits per heavy atom. The van der Waals surface area contributed by atoms with E-state index >= 15 is 0 Å². The molecular weight excluding hydrogens is 373 g/mol. The lowest BCUT2D eigenvalue weighted by molar-refractivity contribution is -0.137. The standard InChI is InChI=1S/C20H21F3N2O3/c21-20(22,23)9-11-25-17(8-10-24-25)15-5-2-1-4-14(15)13-28-19-7-3-6-18(27)16(19)12-26/h3,6-8,10,12,27H,1-2,4-5,9,11,13H2. The van der Waals surface area contributed by atoms with E-state index in [4.69, 9.17) is 4.74 Å². The number of aryl methyl sites for hydroxylation is 1. The van der Waals surface area contributed by atoms with Gasteiger partial charge in [0.15, 0.2) is 6.29 Å². The molecule has 150 valence electrons. The maximum Gasteiger partial charge on any atom is 0.390 e. The second-order valence-electron chi connectivity index (χ2n) is 6.69. The Morgan fingerprint density at radius 3 is 2.75 bits per heavy atom. The number of allylic oxidation sites excluding steroid dienone is 1. The number of carbonyl (C=O) groups is 1. The van der Waals surface area contributed by atoms with Gasteiger partial charge in [-0.05, 0) is 55.0 Å². The fraction of sp³-hybridized carbons (Fsp3) is 0.400. The van der Waals surface area contributed by atoms with Crippen LogP contribution in [0.15, 0.2) is 36.0 Å². The van der Waals surface area contributed by atoms with E-state index in [2.05, 4.69) is 5.10 Å². The topological polar surface area (TPSA) is 64.3 Å². The van der Waals surface area contributed by atoms with Crippen LogP contribution in [0.1, 0.15) is 48.2 Å². The molecule has 0 amide bonds. The summed E-state index contributed by atoms with van der Waals surface area (Å²) < 4.78 is 44.9. The third-order valence-corrected chi connectivity index (χ3v) is 4.78. The highest BCUT2D eigenvalue weighted by atomic mass is 19.4. The fourth-order valence-electron chi connectivity index (χ4n) is 3.38. The van der Waals surface area contributed by atoms with Crippen LogP contribution in [0, 0.1) is 0 Å². The summed E-state index contributed by atoms with van der Waals surface area (Å²) in [6.07, 6.45) is 0.252. The Labute approximate surface area is 160 Å². The number of carbonyl (C=O) groups excluding carboxylic acids is 1. The molecule has 0 unspecified atom stereocenters. The number of nitrogens with zero attached hydrogens (tertiary/aromatic N) is 2. The van der Waals surface area contributed by atoms with Crippen LogP contribution in [0.5, 0.6) is 11.5 Å². The summed E-state index contributed by atoms with van der Waals surface area (Å²) in [5.74, 6) is 0.119. The third-order valence-electron chi connectivity index (χ3n) is 4.78. The number of aromatic nitrogens is 2. The number of rotatable bonds is 7. The lowest BCUT2D eigenvalue weighted by Gasteiger charge is -2.22. The lowest BCUT2D eigenvalue weighted by atomic mass is 9.90. The number of ether oxygens (including phenoxy) is 1. The first-order valence-corrected chi connectivity index (χ1v) is 9.09. The molecule has 0 radical (unpaired) electrons. The van der Waals surface area contributed by atoms with E-state index in [9.17, 15) is 23.1 Å². The van der Waals surface area contributed by atoms with E-state index in [0.717, 1.165) is 36.8 Å². The van der Waals surface area contributed by atoms with Crippen molar-refractivity contribution in [2.24, 2.45) is 0 Å². The second kappa shape index (κ2) is 8.50. The van der Waals surface area contributed by atoms with Crippen LogP contribution >= 0.6 is 0 Å². The monoisotopic (exact) mass is 394 g/mol. The van der Waals surface area contributed by atoms with Crippen LogP contribution in [-0.2, 0) is 6.54 Å². The van der Waals surface area contributed by atoms with Crippen molar-refractivity contribution in [3.05, 3.63) is 47.3 Å². The zero-order valence-corrected chi connectivity index (χ0v) is 15.2. The van der Waals surface area contributed by atoms with Gasteiger partial charge in [-0.25, -0.2) is 0 Å². The molecule has 3 rings (SSSR count). The third kappa shape index (κ3) is 4.74. The van der Waals surface area contributed by atoms with E-state index in [1.54, 1.807) is 18.2 Å². The minimum Gasteiger partial charge on any atom is -0.507 e. The van der Waals surface area contributed by atoms with Crippen molar-refractivity contribution in [2.45, 2.75) is 44.8 Å². The molecule has 0 saturated carbocycles. The SMILES string of the molecule is O=Cc1c(O)cccc1OCC1=C(c2ccnn2CCC(F)(F)F)CCCC1. The van der Waals surface area contributed by atoms with E-state index < -0.39 is 12.6 Å². The fourth-order valence-corrected chi connectivity index (χ4v) is 3.38. The summed E-state index contributed by atoms with van der Waals surface area (Å²) in [4.78, 5) is 11.2. The van der Waals surface area contributed by atoms with Gasteiger partial charge in [-0.2, -0.15) is 18.3 Å². The molecule has 1 aliphatic rings. The molecule has 5 nitrogen and oxygen atoms in total. The van der Waals surface area contributed by atoms with Crippen molar-refractivity contribution in [3.63, 3.8) is 0 Å². The molecule has 1 aliphatic carbocycles. The van der Waals surface area contributed by atoms with Crippen molar-refractivity contribution < 1.29 is 27.8 Å². The number of alkyl halides is 3. The molecule has 8 heteroatoms. The first-order chi connectivity index (χ1) is 13.4. The summed E-state index contributed by atoms with van der Waals surface area (Å²) in [5, 5.41) is 13.8. The second-order valence-corrected chi connectivity index (χ2v) is 6.69. The largest absolute Gasteiger partial charge is 0.507 e. The molecule has 0 saturated heterocycles. The maximum atomic E-state index is 12.6.